The first kappa shape index (κ1) is 15.8. The Labute approximate surface area is 121 Å². The molecule has 1 fully saturated rings. The van der Waals surface area contributed by atoms with Crippen molar-refractivity contribution in [3.8, 4) is 0 Å². The van der Waals surface area contributed by atoms with Crippen LogP contribution in [0.1, 0.15) is 18.1 Å². The van der Waals surface area contributed by atoms with Gasteiger partial charge in [0, 0.05) is 24.8 Å². The number of aryl methyl sites for hydroxylation is 1. The summed E-state index contributed by atoms with van der Waals surface area (Å²) >= 11 is 0. The fourth-order valence-corrected chi connectivity index (χ4v) is 2.12. The Hall–Kier alpha value is -1.60. The largest absolute Gasteiger partial charge is 0.416 e. The lowest BCUT2D eigenvalue weighted by Crippen LogP contribution is -2.57. The average molecular weight is 301 g/mol. The molecule has 1 saturated heterocycles. The van der Waals surface area contributed by atoms with Gasteiger partial charge in [0.25, 0.3) is 0 Å². The molecule has 1 aromatic rings. The summed E-state index contributed by atoms with van der Waals surface area (Å²) in [5.41, 5.74) is 0.00971. The highest BCUT2D eigenvalue weighted by atomic mass is 19.4. The Morgan fingerprint density at radius 3 is 2.57 bits per heavy atom. The molecule has 1 aliphatic heterocycles. The number of halogens is 3. The van der Waals surface area contributed by atoms with Gasteiger partial charge in [-0.15, -0.1) is 0 Å². The van der Waals surface area contributed by atoms with Crippen molar-refractivity contribution in [2.75, 3.05) is 18.4 Å². The maximum absolute atomic E-state index is 12.7. The third kappa shape index (κ3) is 3.95. The molecular formula is C14H18F3N3O. The van der Waals surface area contributed by atoms with Crippen LogP contribution in [0.3, 0.4) is 0 Å². The van der Waals surface area contributed by atoms with Crippen LogP contribution in [-0.4, -0.2) is 31.1 Å². The predicted octanol–water partition coefficient (Wildman–Crippen LogP) is 1.90. The van der Waals surface area contributed by atoms with Crippen LogP contribution in [0, 0.1) is 6.92 Å². The SMILES string of the molecule is Cc1ccc(C(F)(F)F)cc1NC(=O)C1CNC(C)CN1. The number of rotatable bonds is 2. The summed E-state index contributed by atoms with van der Waals surface area (Å²) in [5.74, 6) is -0.336. The highest BCUT2D eigenvalue weighted by Crippen LogP contribution is 2.32. The molecule has 0 radical (unpaired) electrons. The Morgan fingerprint density at radius 1 is 1.29 bits per heavy atom. The van der Waals surface area contributed by atoms with E-state index in [9.17, 15) is 18.0 Å². The van der Waals surface area contributed by atoms with Gasteiger partial charge in [0.2, 0.25) is 5.91 Å². The van der Waals surface area contributed by atoms with E-state index in [-0.39, 0.29) is 17.6 Å². The monoisotopic (exact) mass is 301 g/mol. The van der Waals surface area contributed by atoms with Crippen molar-refractivity contribution in [2.45, 2.75) is 32.1 Å². The summed E-state index contributed by atoms with van der Waals surface area (Å²) in [6, 6.07) is 3.14. The van der Waals surface area contributed by atoms with Crippen LogP contribution in [0.4, 0.5) is 18.9 Å². The van der Waals surface area contributed by atoms with E-state index in [1.807, 2.05) is 6.92 Å². The number of alkyl halides is 3. The van der Waals surface area contributed by atoms with Gasteiger partial charge in [-0.05, 0) is 31.5 Å². The first-order chi connectivity index (χ1) is 9.77. The molecule has 2 rings (SSSR count). The standard InChI is InChI=1S/C14H18F3N3O/c1-8-3-4-10(14(15,16)17)5-11(8)20-13(21)12-7-18-9(2)6-19-12/h3-5,9,12,18-19H,6-7H2,1-2H3,(H,20,21). The van der Waals surface area contributed by atoms with Gasteiger partial charge in [0.1, 0.15) is 0 Å². The number of benzene rings is 1. The van der Waals surface area contributed by atoms with Crippen molar-refractivity contribution in [3.63, 3.8) is 0 Å². The second kappa shape index (κ2) is 6.03. The zero-order valence-corrected chi connectivity index (χ0v) is 11.8. The minimum Gasteiger partial charge on any atom is -0.324 e. The maximum Gasteiger partial charge on any atom is 0.416 e. The second-order valence-corrected chi connectivity index (χ2v) is 5.29. The number of hydrogen-bond acceptors (Lipinski definition) is 3. The second-order valence-electron chi connectivity index (χ2n) is 5.29. The minimum absolute atomic E-state index is 0.190. The Kier molecular flexibility index (Phi) is 4.53. The lowest BCUT2D eigenvalue weighted by Gasteiger charge is -2.28. The lowest BCUT2D eigenvalue weighted by atomic mass is 10.1. The van der Waals surface area contributed by atoms with Gasteiger partial charge in [-0.1, -0.05) is 6.07 Å². The van der Waals surface area contributed by atoms with Gasteiger partial charge < -0.3 is 16.0 Å². The van der Waals surface area contributed by atoms with Gasteiger partial charge in [0.15, 0.2) is 0 Å². The highest BCUT2D eigenvalue weighted by molar-refractivity contribution is 5.95. The summed E-state index contributed by atoms with van der Waals surface area (Å²) in [5, 5.41) is 8.77. The molecule has 2 unspecified atom stereocenters. The van der Waals surface area contributed by atoms with Crippen molar-refractivity contribution in [1.82, 2.24) is 10.6 Å². The first-order valence-corrected chi connectivity index (χ1v) is 6.73. The van der Waals surface area contributed by atoms with Crippen molar-refractivity contribution in [3.05, 3.63) is 29.3 Å². The van der Waals surface area contributed by atoms with Crippen LogP contribution in [0.15, 0.2) is 18.2 Å². The normalized spacial score (nSPS) is 22.9. The fourth-order valence-electron chi connectivity index (χ4n) is 2.12. The lowest BCUT2D eigenvalue weighted by molar-refractivity contribution is -0.137. The summed E-state index contributed by atoms with van der Waals surface area (Å²) < 4.78 is 38.1. The van der Waals surface area contributed by atoms with Gasteiger partial charge in [-0.3, -0.25) is 4.79 Å². The average Bonchev–Trinajstić information content (AvgIpc) is 2.40. The van der Waals surface area contributed by atoms with Crippen LogP contribution in [0.5, 0.6) is 0 Å². The molecule has 0 aliphatic carbocycles. The molecule has 1 heterocycles. The molecule has 2 atom stereocenters. The molecule has 1 aliphatic rings. The van der Waals surface area contributed by atoms with E-state index in [2.05, 4.69) is 16.0 Å². The Morgan fingerprint density at radius 2 is 2.00 bits per heavy atom. The van der Waals surface area contributed by atoms with Crippen LogP contribution >= 0.6 is 0 Å². The van der Waals surface area contributed by atoms with Gasteiger partial charge >= 0.3 is 6.18 Å². The summed E-state index contributed by atoms with van der Waals surface area (Å²) in [6.45, 7) is 4.73. The zero-order chi connectivity index (χ0) is 15.6. The molecule has 0 bridgehead atoms. The Bertz CT molecular complexity index is 523. The van der Waals surface area contributed by atoms with Gasteiger partial charge in [-0.2, -0.15) is 13.2 Å². The van der Waals surface area contributed by atoms with E-state index in [0.717, 1.165) is 12.1 Å². The van der Waals surface area contributed by atoms with Gasteiger partial charge in [0.05, 0.1) is 11.6 Å². The van der Waals surface area contributed by atoms with Crippen LogP contribution < -0.4 is 16.0 Å². The van der Waals surface area contributed by atoms with Crippen LogP contribution in [0.25, 0.3) is 0 Å². The number of nitrogens with one attached hydrogen (secondary N) is 3. The smallest absolute Gasteiger partial charge is 0.324 e. The molecular weight excluding hydrogens is 283 g/mol. The number of anilines is 1. The number of piperazine rings is 1. The molecule has 21 heavy (non-hydrogen) atoms. The summed E-state index contributed by atoms with van der Waals surface area (Å²) in [6.07, 6.45) is -4.42. The quantitative estimate of drug-likeness (QED) is 0.782. The molecule has 116 valence electrons. The Balaban J connectivity index is 2.10. The van der Waals surface area contributed by atoms with Crippen molar-refractivity contribution in [2.24, 2.45) is 0 Å². The third-order valence-corrected chi connectivity index (χ3v) is 3.48. The van der Waals surface area contributed by atoms with Crippen molar-refractivity contribution >= 4 is 11.6 Å². The number of carbonyl (C=O) groups excluding carboxylic acids is 1. The molecule has 4 nitrogen and oxygen atoms in total. The van der Waals surface area contributed by atoms with Gasteiger partial charge in [-0.25, -0.2) is 0 Å². The van der Waals surface area contributed by atoms with E-state index >= 15 is 0 Å². The van der Waals surface area contributed by atoms with E-state index < -0.39 is 17.8 Å². The molecule has 7 heteroatoms. The number of hydrogen-bond donors (Lipinski definition) is 3. The van der Waals surface area contributed by atoms with E-state index in [4.69, 9.17) is 0 Å². The predicted molar refractivity (Wildman–Crippen MR) is 74.1 cm³/mol. The summed E-state index contributed by atoms with van der Waals surface area (Å²) in [4.78, 5) is 12.1. The molecule has 0 aromatic heterocycles. The number of carbonyl (C=O) groups is 1. The summed E-state index contributed by atoms with van der Waals surface area (Å²) in [7, 11) is 0. The maximum atomic E-state index is 12.7. The fraction of sp³-hybridized carbons (Fsp3) is 0.500. The van der Waals surface area contributed by atoms with Crippen molar-refractivity contribution in [1.29, 1.82) is 0 Å². The van der Waals surface area contributed by atoms with E-state index in [1.165, 1.54) is 6.07 Å². The van der Waals surface area contributed by atoms with Crippen LogP contribution in [-0.2, 0) is 11.0 Å². The van der Waals surface area contributed by atoms with E-state index in [0.29, 0.717) is 18.7 Å². The third-order valence-electron chi connectivity index (χ3n) is 3.48. The van der Waals surface area contributed by atoms with Crippen LogP contribution in [0.2, 0.25) is 0 Å². The molecule has 1 amide bonds. The molecule has 0 spiro atoms. The molecule has 3 N–H and O–H groups in total. The zero-order valence-electron chi connectivity index (χ0n) is 11.8. The minimum atomic E-state index is -4.42. The molecule has 0 saturated carbocycles. The topological polar surface area (TPSA) is 53.2 Å². The van der Waals surface area contributed by atoms with Crippen molar-refractivity contribution < 1.29 is 18.0 Å². The first-order valence-electron chi connectivity index (χ1n) is 6.73. The van der Waals surface area contributed by atoms with E-state index in [1.54, 1.807) is 6.92 Å². The molecule has 1 aromatic carbocycles. The highest BCUT2D eigenvalue weighted by Gasteiger charge is 2.31. The number of amides is 1.